The summed E-state index contributed by atoms with van der Waals surface area (Å²) in [6, 6.07) is 0. The average molecular weight is 280 g/mol. The van der Waals surface area contributed by atoms with Gasteiger partial charge in [-0.1, -0.05) is 0 Å². The summed E-state index contributed by atoms with van der Waals surface area (Å²) in [6.45, 7) is 6.00. The minimum absolute atomic E-state index is 0.156. The number of amides is 2. The highest BCUT2D eigenvalue weighted by Crippen LogP contribution is 2.26. The van der Waals surface area contributed by atoms with Crippen molar-refractivity contribution in [2.24, 2.45) is 23.5 Å². The Kier molecular flexibility index (Phi) is 3.94. The van der Waals surface area contributed by atoms with E-state index in [0.29, 0.717) is 24.9 Å². The number of nitrogens with zero attached hydrogens (tertiary/aromatic N) is 2. The number of nitrogens with one attached hydrogen (secondary N) is 1. The molecule has 3 fully saturated rings. The number of piperidine rings is 1. The summed E-state index contributed by atoms with van der Waals surface area (Å²) >= 11 is 0. The number of primary amides is 1. The number of likely N-dealkylation sites (tertiary alicyclic amines) is 2. The van der Waals surface area contributed by atoms with E-state index in [9.17, 15) is 9.59 Å². The second-order valence-corrected chi connectivity index (χ2v) is 6.45. The van der Waals surface area contributed by atoms with E-state index in [1.165, 1.54) is 0 Å². The molecular weight excluding hydrogens is 256 g/mol. The molecule has 3 rings (SSSR count). The second kappa shape index (κ2) is 5.69. The van der Waals surface area contributed by atoms with Crippen molar-refractivity contribution in [2.75, 3.05) is 45.8 Å². The first kappa shape index (κ1) is 13.8. The molecule has 0 bridgehead atoms. The van der Waals surface area contributed by atoms with Gasteiger partial charge >= 0.3 is 0 Å². The van der Waals surface area contributed by atoms with Gasteiger partial charge in [-0.15, -0.1) is 0 Å². The molecule has 0 aromatic heterocycles. The van der Waals surface area contributed by atoms with Crippen molar-refractivity contribution >= 4 is 11.8 Å². The van der Waals surface area contributed by atoms with Crippen molar-refractivity contribution in [1.29, 1.82) is 0 Å². The highest BCUT2D eigenvalue weighted by Gasteiger charge is 2.37. The van der Waals surface area contributed by atoms with Crippen molar-refractivity contribution in [3.8, 4) is 0 Å². The van der Waals surface area contributed by atoms with Crippen molar-refractivity contribution in [1.82, 2.24) is 15.1 Å². The van der Waals surface area contributed by atoms with E-state index in [1.54, 1.807) is 0 Å². The molecule has 3 N–H and O–H groups in total. The monoisotopic (exact) mass is 280 g/mol. The fraction of sp³-hybridized carbons (Fsp3) is 0.857. The quantitative estimate of drug-likeness (QED) is 0.685. The molecule has 0 spiro atoms. The Balaban J connectivity index is 1.50. The lowest BCUT2D eigenvalue weighted by Crippen LogP contribution is -2.47. The van der Waals surface area contributed by atoms with Gasteiger partial charge < -0.3 is 16.0 Å². The van der Waals surface area contributed by atoms with Crippen LogP contribution in [0.5, 0.6) is 0 Å². The zero-order chi connectivity index (χ0) is 14.1. The van der Waals surface area contributed by atoms with Gasteiger partial charge in [-0.2, -0.15) is 0 Å². The zero-order valence-electron chi connectivity index (χ0n) is 11.9. The van der Waals surface area contributed by atoms with Crippen LogP contribution in [0.4, 0.5) is 0 Å². The molecule has 112 valence electrons. The number of carbonyl (C=O) groups is 2. The molecule has 2 amide bonds. The van der Waals surface area contributed by atoms with Gasteiger partial charge in [0.15, 0.2) is 0 Å². The number of fused-ring (bicyclic) bond motifs is 1. The second-order valence-electron chi connectivity index (χ2n) is 6.45. The summed E-state index contributed by atoms with van der Waals surface area (Å²) in [4.78, 5) is 27.7. The molecule has 6 heteroatoms. The third-order valence-corrected chi connectivity index (χ3v) is 5.00. The van der Waals surface area contributed by atoms with Crippen molar-refractivity contribution in [3.63, 3.8) is 0 Å². The maximum absolute atomic E-state index is 12.4. The van der Waals surface area contributed by atoms with E-state index in [0.717, 1.165) is 45.6 Å². The topological polar surface area (TPSA) is 78.7 Å². The normalized spacial score (nSPS) is 34.2. The van der Waals surface area contributed by atoms with Gasteiger partial charge in [0.2, 0.25) is 11.8 Å². The van der Waals surface area contributed by atoms with Gasteiger partial charge in [-0.25, -0.2) is 0 Å². The van der Waals surface area contributed by atoms with Gasteiger partial charge in [0.25, 0.3) is 0 Å². The summed E-state index contributed by atoms with van der Waals surface area (Å²) in [7, 11) is 0. The van der Waals surface area contributed by atoms with Gasteiger partial charge in [0.05, 0.1) is 12.5 Å². The van der Waals surface area contributed by atoms with Gasteiger partial charge in [0, 0.05) is 26.2 Å². The predicted octanol–water partition coefficient (Wildman–Crippen LogP) is -1.14. The van der Waals surface area contributed by atoms with Crippen molar-refractivity contribution < 1.29 is 9.59 Å². The summed E-state index contributed by atoms with van der Waals surface area (Å²) in [6.07, 6.45) is 1.70. The average Bonchev–Trinajstić information content (AvgIpc) is 2.99. The first-order chi connectivity index (χ1) is 9.63. The SMILES string of the molecule is NC(=O)C1CCCN(C(=O)CN2CC3CNCC3C2)C1. The summed E-state index contributed by atoms with van der Waals surface area (Å²) in [5.41, 5.74) is 5.36. The Bertz CT molecular complexity index is 389. The molecule has 3 saturated heterocycles. The molecule has 20 heavy (non-hydrogen) atoms. The maximum atomic E-state index is 12.4. The van der Waals surface area contributed by atoms with Gasteiger partial charge in [0.1, 0.15) is 0 Å². The lowest BCUT2D eigenvalue weighted by atomic mass is 9.97. The first-order valence-electron chi connectivity index (χ1n) is 7.63. The largest absolute Gasteiger partial charge is 0.369 e. The Labute approximate surface area is 119 Å². The smallest absolute Gasteiger partial charge is 0.236 e. The number of rotatable bonds is 3. The van der Waals surface area contributed by atoms with Crippen LogP contribution in [0.3, 0.4) is 0 Å². The van der Waals surface area contributed by atoms with Crippen LogP contribution in [0.2, 0.25) is 0 Å². The van der Waals surface area contributed by atoms with E-state index in [-0.39, 0.29) is 17.7 Å². The number of hydrogen-bond donors (Lipinski definition) is 2. The van der Waals surface area contributed by atoms with E-state index < -0.39 is 0 Å². The van der Waals surface area contributed by atoms with Crippen molar-refractivity contribution in [2.45, 2.75) is 12.8 Å². The van der Waals surface area contributed by atoms with Crippen LogP contribution >= 0.6 is 0 Å². The highest BCUT2D eigenvalue weighted by molar-refractivity contribution is 5.81. The third kappa shape index (κ3) is 2.81. The van der Waals surface area contributed by atoms with Crippen LogP contribution < -0.4 is 11.1 Å². The molecule has 3 aliphatic rings. The Morgan fingerprint density at radius 3 is 2.50 bits per heavy atom. The highest BCUT2D eigenvalue weighted by atomic mass is 16.2. The first-order valence-corrected chi connectivity index (χ1v) is 7.63. The lowest BCUT2D eigenvalue weighted by molar-refractivity contribution is -0.135. The molecule has 0 aromatic carbocycles. The number of nitrogens with two attached hydrogens (primary N) is 1. The van der Waals surface area contributed by atoms with Crippen LogP contribution in [0.25, 0.3) is 0 Å². The summed E-state index contributed by atoms with van der Waals surface area (Å²) in [5.74, 6) is 1.15. The van der Waals surface area contributed by atoms with Crippen LogP contribution in [-0.2, 0) is 9.59 Å². The minimum Gasteiger partial charge on any atom is -0.369 e. The lowest BCUT2D eigenvalue weighted by Gasteiger charge is -2.32. The molecule has 3 atom stereocenters. The Morgan fingerprint density at radius 1 is 1.15 bits per heavy atom. The van der Waals surface area contributed by atoms with Crippen LogP contribution in [0, 0.1) is 17.8 Å². The van der Waals surface area contributed by atoms with Crippen LogP contribution in [0.1, 0.15) is 12.8 Å². The summed E-state index contributed by atoms with van der Waals surface area (Å²) in [5, 5.41) is 3.41. The fourth-order valence-corrected chi connectivity index (χ4v) is 3.81. The van der Waals surface area contributed by atoms with Gasteiger partial charge in [-0.05, 0) is 37.8 Å². The molecule has 6 nitrogen and oxygen atoms in total. The van der Waals surface area contributed by atoms with Crippen LogP contribution in [-0.4, -0.2) is 67.4 Å². The van der Waals surface area contributed by atoms with Crippen LogP contribution in [0.15, 0.2) is 0 Å². The third-order valence-electron chi connectivity index (χ3n) is 5.00. The molecule has 3 heterocycles. The molecule has 0 saturated carbocycles. The Morgan fingerprint density at radius 2 is 1.85 bits per heavy atom. The standard InChI is InChI=1S/C14H24N4O2/c15-14(20)10-2-1-3-18(8-10)13(19)9-17-6-11-4-16-5-12(11)7-17/h10-12,16H,1-9H2,(H2,15,20). The fourth-order valence-electron chi connectivity index (χ4n) is 3.81. The maximum Gasteiger partial charge on any atom is 0.236 e. The molecule has 0 radical (unpaired) electrons. The van der Waals surface area contributed by atoms with E-state index in [4.69, 9.17) is 5.73 Å². The van der Waals surface area contributed by atoms with E-state index >= 15 is 0 Å². The van der Waals surface area contributed by atoms with E-state index in [2.05, 4.69) is 10.2 Å². The predicted molar refractivity (Wildman–Crippen MR) is 74.8 cm³/mol. The van der Waals surface area contributed by atoms with E-state index in [1.807, 2.05) is 4.90 Å². The molecule has 0 aromatic rings. The Hall–Kier alpha value is -1.14. The van der Waals surface area contributed by atoms with Gasteiger partial charge in [-0.3, -0.25) is 14.5 Å². The number of hydrogen-bond acceptors (Lipinski definition) is 4. The minimum atomic E-state index is -0.274. The zero-order valence-corrected chi connectivity index (χ0v) is 11.9. The summed E-state index contributed by atoms with van der Waals surface area (Å²) < 4.78 is 0. The molecule has 0 aliphatic carbocycles. The van der Waals surface area contributed by atoms with Crippen molar-refractivity contribution in [3.05, 3.63) is 0 Å². The molecule has 3 aliphatic heterocycles. The number of carbonyl (C=O) groups excluding carboxylic acids is 2. The molecule has 3 unspecified atom stereocenters. The molecular formula is C14H24N4O2.